The summed E-state index contributed by atoms with van der Waals surface area (Å²) >= 11 is 0. The molecule has 520 valence electrons. The van der Waals surface area contributed by atoms with E-state index in [-0.39, 0.29) is 24.3 Å². The number of aromatic nitrogens is 4. The topological polar surface area (TPSA) is 87.9 Å². The van der Waals surface area contributed by atoms with Gasteiger partial charge in [0.25, 0.3) is 0 Å². The number of rotatable bonds is 6. The molecule has 4 aromatic heterocycles. The predicted molar refractivity (Wildman–Crippen MR) is 293 cm³/mol. The van der Waals surface area contributed by atoms with Crippen LogP contribution in [0.4, 0.5) is 132 Å². The van der Waals surface area contributed by atoms with Crippen LogP contribution in [0.2, 0.25) is 0 Å². The maximum absolute atomic E-state index is 16.9. The number of allylic oxidation sites excluding steroid dienone is 4. The van der Waals surface area contributed by atoms with Crippen molar-refractivity contribution < 1.29 is 132 Å². The van der Waals surface area contributed by atoms with Crippen molar-refractivity contribution in [3.63, 3.8) is 0 Å². The van der Waals surface area contributed by atoms with Crippen LogP contribution in [0, 0.1) is 175 Å². The average molecular weight is 1460 g/mol. The minimum atomic E-state index is -3.18. The second-order valence-corrected chi connectivity index (χ2v) is 21.5. The summed E-state index contributed by atoms with van der Waals surface area (Å²) in [5, 5.41) is -7.09. The Morgan fingerprint density at radius 2 is 0.363 bits per heavy atom. The Labute approximate surface area is 540 Å². The van der Waals surface area contributed by atoms with Crippen LogP contribution >= 0.6 is 0 Å². The van der Waals surface area contributed by atoms with Crippen molar-refractivity contribution in [2.75, 3.05) is 0 Å². The summed E-state index contributed by atoms with van der Waals surface area (Å²) in [6.45, 7) is 0. The van der Waals surface area contributed by atoms with Crippen molar-refractivity contribution in [3.8, 4) is 0 Å². The molecule has 0 unspecified atom stereocenters. The zero-order valence-corrected chi connectivity index (χ0v) is 48.2. The Bertz CT molecular complexity index is 5960. The predicted octanol–water partition coefficient (Wildman–Crippen LogP) is 13.5. The SMILES string of the molecule is Fc1c(F)c(F)c(C2=C3C=CC(=N3)C(c3c(F)c(F)c(F)c(F)c3F)=c3ccc([nH]3)=C(c3c(F)c(F)c(F)c(F)c3F)C3=NC(=c4ccc([nH]4)=C(c4c(F)c(F)c(F)c(F)c4F)c4ccc([nH]4)C(c4c(F)c(F)c(F)c(F)c4F)=c4ccc([nH]4)=C2c2c(F)c(F)c(F)c(F)c2F)C=C3)c(F)c1F. The zero-order valence-electron chi connectivity index (χ0n) is 48.2. The second kappa shape index (κ2) is 24.5. The van der Waals surface area contributed by atoms with Gasteiger partial charge in [0.1, 0.15) is 0 Å². The molecule has 102 heavy (non-hydrogen) atoms. The van der Waals surface area contributed by atoms with Crippen LogP contribution < -0.4 is 32.1 Å². The van der Waals surface area contributed by atoms with Crippen LogP contribution in [0.15, 0.2) is 88.5 Å². The van der Waals surface area contributed by atoms with Crippen molar-refractivity contribution in [2.24, 2.45) is 9.98 Å². The number of aromatic amines is 4. The third kappa shape index (κ3) is 10.0. The first-order valence-corrected chi connectivity index (χ1v) is 27.5. The van der Waals surface area contributed by atoms with E-state index in [4.69, 9.17) is 0 Å². The number of halogens is 30. The molecule has 0 saturated heterocycles. The van der Waals surface area contributed by atoms with Crippen LogP contribution in [0.3, 0.4) is 0 Å². The highest BCUT2D eigenvalue weighted by Crippen LogP contribution is 2.44. The number of H-pyrrole nitrogens is 4. The first-order chi connectivity index (χ1) is 48.1. The highest BCUT2D eigenvalue weighted by Gasteiger charge is 2.40. The standard InChI is InChI=1S/C66H16F30N6/c67-37-31(38(68)50(80)61(91)49(37)79)25-15-3-1-13(97-15)14-2-4-16(98-14)26(32-39(69)51(81)62(92)52(82)40(32)70)18-6-8-20(100-18)28(34-43(73)55(85)64(94)56(86)44(34)74)22-10-12-24(102-22)30(36-47(77)59(89)66(96)60(90)48(36)78)29(35-45(75)57(87)65(95)58(88)46(35)76)23-11-9-21(101-23)27(19-7-5-17(25)99-19)33-41(71)53(83)63(93)54(84)42(33)72/h1-12,97,99-101H. The van der Waals surface area contributed by atoms with E-state index in [9.17, 15) is 17.6 Å². The van der Waals surface area contributed by atoms with Crippen molar-refractivity contribution in [3.05, 3.63) is 330 Å². The van der Waals surface area contributed by atoms with E-state index in [2.05, 4.69) is 24.9 Å². The fraction of sp³-hybridized carbons (Fsp3) is 0. The summed E-state index contributed by atoms with van der Waals surface area (Å²) in [6.07, 6.45) is 1.71. The molecule has 7 heterocycles. The third-order valence-corrected chi connectivity index (χ3v) is 16.0. The van der Waals surface area contributed by atoms with Crippen molar-refractivity contribution in [1.82, 2.24) is 19.9 Å². The lowest BCUT2D eigenvalue weighted by Crippen LogP contribution is -2.24. The second-order valence-electron chi connectivity index (χ2n) is 21.5. The lowest BCUT2D eigenvalue weighted by atomic mass is 9.88. The molecular formula is C66H16F30N6. The maximum atomic E-state index is 16.9. The van der Waals surface area contributed by atoms with Gasteiger partial charge in [-0.1, -0.05) is 0 Å². The van der Waals surface area contributed by atoms with Gasteiger partial charge < -0.3 is 19.9 Å². The van der Waals surface area contributed by atoms with Crippen LogP contribution in [-0.4, -0.2) is 31.4 Å². The van der Waals surface area contributed by atoms with E-state index in [1.807, 2.05) is 4.98 Å². The molecule has 6 aromatic carbocycles. The van der Waals surface area contributed by atoms with Gasteiger partial charge in [0.15, 0.2) is 140 Å². The number of fused-ring (bicyclic) bond motifs is 10. The van der Waals surface area contributed by atoms with E-state index >= 15 is 114 Å². The summed E-state index contributed by atoms with van der Waals surface area (Å²) in [4.78, 5) is 16.4. The molecule has 0 saturated carbocycles. The molecule has 0 fully saturated rings. The molecule has 0 amide bonds. The molecule has 3 aliphatic heterocycles. The Morgan fingerprint density at radius 1 is 0.167 bits per heavy atom. The normalized spacial score (nSPS) is 14.1. The van der Waals surface area contributed by atoms with Gasteiger partial charge in [0.2, 0.25) is 34.9 Å². The van der Waals surface area contributed by atoms with Gasteiger partial charge >= 0.3 is 0 Å². The fourth-order valence-electron chi connectivity index (χ4n) is 11.4. The highest BCUT2D eigenvalue weighted by atomic mass is 19.2. The van der Waals surface area contributed by atoms with E-state index in [1.54, 1.807) is 0 Å². The van der Waals surface area contributed by atoms with Crippen molar-refractivity contribution >= 4 is 50.6 Å². The highest BCUT2D eigenvalue weighted by molar-refractivity contribution is 6.32. The van der Waals surface area contributed by atoms with E-state index < -0.39 is 308 Å². The maximum Gasteiger partial charge on any atom is 0.200 e. The molecule has 4 N–H and O–H groups in total. The molecule has 12 bridgehead atoms. The fourth-order valence-corrected chi connectivity index (χ4v) is 11.4. The molecule has 10 aromatic rings. The van der Waals surface area contributed by atoms with E-state index in [0.717, 1.165) is 12.1 Å². The number of nitrogens with zero attached hydrogens (tertiary/aromatic N) is 2. The number of nitrogens with one attached hydrogen (secondary N) is 4. The molecule has 6 nitrogen and oxygen atoms in total. The van der Waals surface area contributed by atoms with Gasteiger partial charge in [-0.15, -0.1) is 0 Å². The number of aliphatic imine (C=N–C) groups is 2. The Balaban J connectivity index is 1.33. The quantitative estimate of drug-likeness (QED) is 0.0726. The van der Waals surface area contributed by atoms with Crippen LogP contribution in [0.1, 0.15) is 44.8 Å². The first-order valence-electron chi connectivity index (χ1n) is 27.5. The molecule has 36 heteroatoms. The average Bonchev–Trinajstić information content (AvgIpc) is 1.40. The largest absolute Gasteiger partial charge is 0.354 e. The van der Waals surface area contributed by atoms with Crippen LogP contribution in [0.5, 0.6) is 0 Å². The lowest BCUT2D eigenvalue weighted by molar-refractivity contribution is 0.375. The third-order valence-electron chi connectivity index (χ3n) is 16.0. The summed E-state index contributed by atoms with van der Waals surface area (Å²) in [7, 11) is 0. The first kappa shape index (κ1) is 68.6. The molecule has 0 spiro atoms. The number of hydrogen-bond acceptors (Lipinski definition) is 2. The molecule has 3 aliphatic rings. The van der Waals surface area contributed by atoms with Crippen molar-refractivity contribution in [1.29, 1.82) is 0 Å². The molecular weight excluding hydrogens is 1450 g/mol. The molecule has 0 radical (unpaired) electrons. The minimum absolute atomic E-state index is 0.0923. The monoisotopic (exact) mass is 1460 g/mol. The Morgan fingerprint density at radius 3 is 0.657 bits per heavy atom. The van der Waals surface area contributed by atoms with Gasteiger partial charge in [0, 0.05) is 71.6 Å². The lowest BCUT2D eigenvalue weighted by Gasteiger charge is -2.19. The molecule has 13 rings (SSSR count). The zero-order chi connectivity index (χ0) is 73.9. The van der Waals surface area contributed by atoms with Gasteiger partial charge in [-0.05, 0) is 72.8 Å². The number of benzene rings is 6. The molecule has 0 aliphatic carbocycles. The summed E-state index contributed by atoms with van der Waals surface area (Å²) in [6, 6.07) is 3.62. The van der Waals surface area contributed by atoms with Crippen LogP contribution in [-0.2, 0) is 0 Å². The Hall–Kier alpha value is -11.9. The van der Waals surface area contributed by atoms with Gasteiger partial charge in [-0.3, -0.25) is 0 Å². The Kier molecular flexibility index (Phi) is 16.5. The van der Waals surface area contributed by atoms with E-state index in [1.165, 1.54) is 0 Å². The van der Waals surface area contributed by atoms with Gasteiger partial charge in [0.05, 0.1) is 61.5 Å². The van der Waals surface area contributed by atoms with Gasteiger partial charge in [-0.2, -0.15) is 0 Å². The summed E-state index contributed by atoms with van der Waals surface area (Å²) in [5.41, 5.74) is -31.9. The molecule has 0 atom stereocenters. The van der Waals surface area contributed by atoms with Gasteiger partial charge in [-0.25, -0.2) is 142 Å². The smallest absolute Gasteiger partial charge is 0.200 e. The number of hydrogen-bond donors (Lipinski definition) is 4. The minimum Gasteiger partial charge on any atom is -0.354 e. The van der Waals surface area contributed by atoms with Crippen LogP contribution in [0.25, 0.3) is 39.1 Å². The van der Waals surface area contributed by atoms with Crippen molar-refractivity contribution in [2.45, 2.75) is 0 Å². The summed E-state index contributed by atoms with van der Waals surface area (Å²) < 4.78 is 476. The van der Waals surface area contributed by atoms with E-state index in [0.29, 0.717) is 36.4 Å². The summed E-state index contributed by atoms with van der Waals surface area (Å²) in [5.74, 6) is -88.4.